The maximum atomic E-state index is 14.1. The molecule has 0 saturated carbocycles. The van der Waals surface area contributed by atoms with Crippen LogP contribution in [0.5, 0.6) is 0 Å². The Hall–Kier alpha value is -2.83. The summed E-state index contributed by atoms with van der Waals surface area (Å²) < 4.78 is 42.5. The SMILES string of the molecule is O=C(Cn1cc(F)c2ncc(-c3cc(F)cc(F)c3)cc21)N1CCC1. The number of pyridine rings is 1. The number of benzene rings is 1. The predicted molar refractivity (Wildman–Crippen MR) is 86.2 cm³/mol. The van der Waals surface area contributed by atoms with Crippen LogP contribution in [0.1, 0.15) is 6.42 Å². The van der Waals surface area contributed by atoms with E-state index >= 15 is 0 Å². The Kier molecular flexibility index (Phi) is 3.71. The molecule has 0 N–H and O–H groups in total. The molecule has 2 aromatic heterocycles. The van der Waals surface area contributed by atoms with Crippen LogP contribution in [0.3, 0.4) is 0 Å². The number of fused-ring (bicyclic) bond motifs is 1. The third kappa shape index (κ3) is 2.86. The molecule has 3 heterocycles. The van der Waals surface area contributed by atoms with Crippen LogP contribution in [-0.4, -0.2) is 33.4 Å². The molecule has 1 fully saturated rings. The first kappa shape index (κ1) is 15.7. The predicted octanol–water partition coefficient (Wildman–Crippen LogP) is 3.35. The molecule has 0 spiro atoms. The molecule has 0 atom stereocenters. The monoisotopic (exact) mass is 345 g/mol. The van der Waals surface area contributed by atoms with E-state index in [2.05, 4.69) is 4.98 Å². The molecule has 4 nitrogen and oxygen atoms in total. The lowest BCUT2D eigenvalue weighted by Gasteiger charge is -2.31. The number of halogens is 3. The maximum absolute atomic E-state index is 14.1. The number of nitrogens with zero attached hydrogens (tertiary/aromatic N) is 3. The zero-order valence-electron chi connectivity index (χ0n) is 13.2. The van der Waals surface area contributed by atoms with Gasteiger partial charge in [0.25, 0.3) is 0 Å². The normalized spacial score (nSPS) is 14.0. The third-order valence-electron chi connectivity index (χ3n) is 4.38. The van der Waals surface area contributed by atoms with Gasteiger partial charge in [-0.25, -0.2) is 13.2 Å². The van der Waals surface area contributed by atoms with E-state index in [-0.39, 0.29) is 18.0 Å². The van der Waals surface area contributed by atoms with Crippen molar-refractivity contribution >= 4 is 16.9 Å². The van der Waals surface area contributed by atoms with E-state index in [9.17, 15) is 18.0 Å². The second kappa shape index (κ2) is 5.91. The van der Waals surface area contributed by atoms with E-state index in [0.29, 0.717) is 29.7 Å². The minimum atomic E-state index is -0.704. The Balaban J connectivity index is 1.75. The van der Waals surface area contributed by atoms with Gasteiger partial charge < -0.3 is 9.47 Å². The number of amides is 1. The van der Waals surface area contributed by atoms with Crippen LogP contribution in [0.2, 0.25) is 0 Å². The average Bonchev–Trinajstić information content (AvgIpc) is 2.80. The lowest BCUT2D eigenvalue weighted by Crippen LogP contribution is -2.43. The van der Waals surface area contributed by atoms with Crippen molar-refractivity contribution in [1.29, 1.82) is 0 Å². The van der Waals surface area contributed by atoms with Crippen LogP contribution >= 0.6 is 0 Å². The van der Waals surface area contributed by atoms with E-state index < -0.39 is 17.5 Å². The fourth-order valence-electron chi connectivity index (χ4n) is 2.94. The second-order valence-corrected chi connectivity index (χ2v) is 6.09. The van der Waals surface area contributed by atoms with Crippen molar-refractivity contribution in [2.45, 2.75) is 13.0 Å². The van der Waals surface area contributed by atoms with Gasteiger partial charge in [-0.05, 0) is 30.2 Å². The van der Waals surface area contributed by atoms with Crippen molar-refractivity contribution in [2.24, 2.45) is 0 Å². The zero-order chi connectivity index (χ0) is 17.6. The molecule has 4 rings (SSSR count). The van der Waals surface area contributed by atoms with Gasteiger partial charge in [0.15, 0.2) is 5.82 Å². The lowest BCUT2D eigenvalue weighted by atomic mass is 10.1. The van der Waals surface area contributed by atoms with E-state index in [1.807, 2.05) is 0 Å². The molecule has 1 amide bonds. The molecule has 1 aliphatic heterocycles. The van der Waals surface area contributed by atoms with E-state index in [4.69, 9.17) is 0 Å². The molecular weight excluding hydrogens is 331 g/mol. The van der Waals surface area contributed by atoms with Gasteiger partial charge in [0, 0.05) is 37.1 Å². The smallest absolute Gasteiger partial charge is 0.242 e. The van der Waals surface area contributed by atoms with E-state index in [1.54, 1.807) is 11.0 Å². The summed E-state index contributed by atoms with van der Waals surface area (Å²) >= 11 is 0. The van der Waals surface area contributed by atoms with Crippen LogP contribution < -0.4 is 0 Å². The fraction of sp³-hybridized carbons (Fsp3) is 0.222. The van der Waals surface area contributed by atoms with Crippen molar-refractivity contribution in [3.8, 4) is 11.1 Å². The van der Waals surface area contributed by atoms with Crippen LogP contribution in [0.4, 0.5) is 13.2 Å². The molecule has 0 aliphatic carbocycles. The van der Waals surface area contributed by atoms with Crippen LogP contribution in [0.15, 0.2) is 36.7 Å². The number of hydrogen-bond donors (Lipinski definition) is 0. The number of carbonyl (C=O) groups excluding carboxylic acids is 1. The van der Waals surface area contributed by atoms with Crippen molar-refractivity contribution in [1.82, 2.24) is 14.5 Å². The summed E-state index contributed by atoms with van der Waals surface area (Å²) in [7, 11) is 0. The van der Waals surface area contributed by atoms with Crippen LogP contribution in [-0.2, 0) is 11.3 Å². The number of hydrogen-bond acceptors (Lipinski definition) is 2. The summed E-state index contributed by atoms with van der Waals surface area (Å²) in [5.41, 5.74) is 1.28. The quantitative estimate of drug-likeness (QED) is 0.730. The van der Waals surface area contributed by atoms with Gasteiger partial charge in [0.05, 0.1) is 5.52 Å². The third-order valence-corrected chi connectivity index (χ3v) is 4.38. The minimum Gasteiger partial charge on any atom is -0.341 e. The topological polar surface area (TPSA) is 38.1 Å². The fourth-order valence-corrected chi connectivity index (χ4v) is 2.94. The zero-order valence-corrected chi connectivity index (χ0v) is 13.2. The number of rotatable bonds is 3. The second-order valence-electron chi connectivity index (χ2n) is 6.09. The van der Waals surface area contributed by atoms with Crippen molar-refractivity contribution in [2.75, 3.05) is 13.1 Å². The van der Waals surface area contributed by atoms with Gasteiger partial charge in [-0.1, -0.05) is 0 Å². The summed E-state index contributed by atoms with van der Waals surface area (Å²) in [6.07, 6.45) is 3.57. The molecule has 0 radical (unpaired) electrons. The molecule has 1 saturated heterocycles. The summed E-state index contributed by atoms with van der Waals surface area (Å²) in [5.74, 6) is -2.04. The Labute approximate surface area is 141 Å². The summed E-state index contributed by atoms with van der Waals surface area (Å²) in [4.78, 5) is 17.9. The molecule has 0 unspecified atom stereocenters. The number of likely N-dealkylation sites (tertiary alicyclic amines) is 1. The van der Waals surface area contributed by atoms with Crippen molar-refractivity contribution in [3.63, 3.8) is 0 Å². The highest BCUT2D eigenvalue weighted by atomic mass is 19.1. The highest BCUT2D eigenvalue weighted by Crippen LogP contribution is 2.26. The Morgan fingerprint density at radius 2 is 1.76 bits per heavy atom. The van der Waals surface area contributed by atoms with Gasteiger partial charge in [-0.3, -0.25) is 9.78 Å². The summed E-state index contributed by atoms with van der Waals surface area (Å²) in [5, 5.41) is 0. The first-order valence-electron chi connectivity index (χ1n) is 7.90. The van der Waals surface area contributed by atoms with Gasteiger partial charge in [-0.15, -0.1) is 0 Å². The van der Waals surface area contributed by atoms with Gasteiger partial charge in [0.1, 0.15) is 23.7 Å². The number of aromatic nitrogens is 2. The van der Waals surface area contributed by atoms with Gasteiger partial charge in [-0.2, -0.15) is 0 Å². The average molecular weight is 345 g/mol. The highest BCUT2D eigenvalue weighted by Gasteiger charge is 2.22. The van der Waals surface area contributed by atoms with Crippen molar-refractivity contribution < 1.29 is 18.0 Å². The summed E-state index contributed by atoms with van der Waals surface area (Å²) in [6, 6.07) is 4.73. The maximum Gasteiger partial charge on any atom is 0.242 e. The van der Waals surface area contributed by atoms with Gasteiger partial charge >= 0.3 is 0 Å². The molecule has 128 valence electrons. The Morgan fingerprint density at radius 1 is 1.04 bits per heavy atom. The number of carbonyl (C=O) groups is 1. The van der Waals surface area contributed by atoms with Crippen LogP contribution in [0.25, 0.3) is 22.2 Å². The standard InChI is InChI=1S/C18H14F3N3O/c19-13-4-11(5-14(20)7-13)12-6-16-18(22-8-12)15(21)9-24(16)10-17(25)23-2-1-3-23/h4-9H,1-3,10H2. The largest absolute Gasteiger partial charge is 0.341 e. The van der Waals surface area contributed by atoms with Crippen LogP contribution in [0, 0.1) is 17.5 Å². The Bertz CT molecular complexity index is 959. The molecule has 25 heavy (non-hydrogen) atoms. The molecule has 7 heteroatoms. The summed E-state index contributed by atoms with van der Waals surface area (Å²) in [6.45, 7) is 1.43. The van der Waals surface area contributed by atoms with E-state index in [0.717, 1.165) is 12.5 Å². The molecule has 1 aromatic carbocycles. The highest BCUT2D eigenvalue weighted by molar-refractivity contribution is 5.84. The molecule has 1 aliphatic rings. The van der Waals surface area contributed by atoms with E-state index in [1.165, 1.54) is 29.1 Å². The lowest BCUT2D eigenvalue weighted by molar-refractivity contribution is -0.135. The van der Waals surface area contributed by atoms with Gasteiger partial charge in [0.2, 0.25) is 5.91 Å². The van der Waals surface area contributed by atoms with Crippen molar-refractivity contribution in [3.05, 3.63) is 54.1 Å². The minimum absolute atomic E-state index is 0.00304. The molecular formula is C18H14F3N3O. The Morgan fingerprint density at radius 3 is 2.40 bits per heavy atom. The first-order valence-corrected chi connectivity index (χ1v) is 7.90. The molecule has 0 bridgehead atoms. The first-order chi connectivity index (χ1) is 12.0. The molecule has 3 aromatic rings.